The quantitative estimate of drug-likeness (QED) is 0.632. The number of methoxy groups -OCH3 is 1. The van der Waals surface area contributed by atoms with E-state index in [2.05, 4.69) is 48.3 Å². The van der Waals surface area contributed by atoms with Gasteiger partial charge in [0, 0.05) is 12.0 Å². The van der Waals surface area contributed by atoms with E-state index < -0.39 is 0 Å². The van der Waals surface area contributed by atoms with E-state index in [4.69, 9.17) is 14.6 Å². The SMILES string of the molecule is COc1ccccc1[C@@H]1Oc2ccccc2[C@H]2CC(c3ccc(C)cc3)=NN21. The molecule has 28 heavy (non-hydrogen) atoms. The normalized spacial score (nSPS) is 20.1. The molecule has 4 heteroatoms. The van der Waals surface area contributed by atoms with Gasteiger partial charge in [-0.15, -0.1) is 0 Å². The van der Waals surface area contributed by atoms with Crippen LogP contribution >= 0.6 is 0 Å². The van der Waals surface area contributed by atoms with Gasteiger partial charge in [0.2, 0.25) is 6.23 Å². The number of hydrogen-bond donors (Lipinski definition) is 0. The molecular formula is C24H22N2O2. The summed E-state index contributed by atoms with van der Waals surface area (Å²) in [5.74, 6) is 1.73. The standard InChI is InChI=1S/C24H22N2O2/c1-16-11-13-17(14-12-16)20-15-21-18-7-3-6-10-23(18)28-24(26(21)25-20)19-8-4-5-9-22(19)27-2/h3-14,21,24H,15H2,1-2H3/t21-,24+/m1/s1. The highest BCUT2D eigenvalue weighted by molar-refractivity contribution is 6.02. The molecule has 4 nitrogen and oxygen atoms in total. The van der Waals surface area contributed by atoms with Crippen LogP contribution in [0.4, 0.5) is 0 Å². The number of fused-ring (bicyclic) bond motifs is 3. The number of hydrazone groups is 1. The molecule has 0 unspecified atom stereocenters. The maximum absolute atomic E-state index is 6.42. The summed E-state index contributed by atoms with van der Waals surface area (Å²) in [6.45, 7) is 2.10. The number of ether oxygens (including phenoxy) is 2. The Morgan fingerprint density at radius 3 is 2.43 bits per heavy atom. The third-order valence-electron chi connectivity index (χ3n) is 5.49. The molecule has 0 saturated carbocycles. The van der Waals surface area contributed by atoms with E-state index in [-0.39, 0.29) is 12.3 Å². The van der Waals surface area contributed by atoms with Gasteiger partial charge in [0.15, 0.2) is 0 Å². The van der Waals surface area contributed by atoms with Gasteiger partial charge in [0.25, 0.3) is 0 Å². The zero-order valence-electron chi connectivity index (χ0n) is 16.0. The van der Waals surface area contributed by atoms with Crippen molar-refractivity contribution in [1.82, 2.24) is 5.01 Å². The molecule has 2 heterocycles. The molecule has 0 N–H and O–H groups in total. The summed E-state index contributed by atoms with van der Waals surface area (Å²) in [6.07, 6.45) is 0.536. The van der Waals surface area contributed by atoms with E-state index in [0.29, 0.717) is 0 Å². The molecule has 2 aliphatic heterocycles. The molecular weight excluding hydrogens is 348 g/mol. The van der Waals surface area contributed by atoms with Gasteiger partial charge in [-0.2, -0.15) is 5.10 Å². The summed E-state index contributed by atoms with van der Waals surface area (Å²) in [4.78, 5) is 0. The molecule has 2 aliphatic rings. The topological polar surface area (TPSA) is 34.1 Å². The van der Waals surface area contributed by atoms with Crippen molar-refractivity contribution in [2.75, 3.05) is 7.11 Å². The zero-order valence-corrected chi connectivity index (χ0v) is 16.0. The highest BCUT2D eigenvalue weighted by atomic mass is 16.5. The van der Waals surface area contributed by atoms with Gasteiger partial charge in [-0.25, -0.2) is 5.01 Å². The monoisotopic (exact) mass is 370 g/mol. The molecule has 0 amide bonds. The van der Waals surface area contributed by atoms with Crippen LogP contribution in [0.5, 0.6) is 11.5 Å². The predicted molar refractivity (Wildman–Crippen MR) is 110 cm³/mol. The zero-order chi connectivity index (χ0) is 19.1. The summed E-state index contributed by atoms with van der Waals surface area (Å²) < 4.78 is 12.0. The van der Waals surface area contributed by atoms with Crippen LogP contribution in [0.25, 0.3) is 0 Å². The van der Waals surface area contributed by atoms with E-state index in [9.17, 15) is 0 Å². The Labute approximate surface area is 165 Å². The number of hydrogen-bond acceptors (Lipinski definition) is 4. The first-order valence-electron chi connectivity index (χ1n) is 9.56. The number of para-hydroxylation sites is 2. The highest BCUT2D eigenvalue weighted by Gasteiger charge is 2.41. The maximum Gasteiger partial charge on any atom is 0.217 e. The molecule has 140 valence electrons. The predicted octanol–water partition coefficient (Wildman–Crippen LogP) is 5.25. The molecule has 5 rings (SSSR count). The first-order chi connectivity index (χ1) is 13.7. The van der Waals surface area contributed by atoms with Crippen LogP contribution in [0, 0.1) is 6.92 Å². The Morgan fingerprint density at radius 1 is 0.929 bits per heavy atom. The molecule has 0 bridgehead atoms. The fourth-order valence-electron chi connectivity index (χ4n) is 4.03. The summed E-state index contributed by atoms with van der Waals surface area (Å²) in [7, 11) is 1.69. The first-order valence-corrected chi connectivity index (χ1v) is 9.56. The average Bonchev–Trinajstić information content (AvgIpc) is 3.19. The molecule has 0 fully saturated rings. The molecule has 0 aliphatic carbocycles. The smallest absolute Gasteiger partial charge is 0.217 e. The van der Waals surface area contributed by atoms with Crippen molar-refractivity contribution in [1.29, 1.82) is 0 Å². The summed E-state index contributed by atoms with van der Waals surface area (Å²) in [6, 6.07) is 25.0. The van der Waals surface area contributed by atoms with E-state index >= 15 is 0 Å². The Kier molecular flexibility index (Phi) is 4.05. The van der Waals surface area contributed by atoms with Gasteiger partial charge in [-0.3, -0.25) is 0 Å². The molecule has 3 aromatic carbocycles. The fraction of sp³-hybridized carbons (Fsp3) is 0.208. The lowest BCUT2D eigenvalue weighted by molar-refractivity contribution is -0.0203. The first kappa shape index (κ1) is 16.9. The van der Waals surface area contributed by atoms with Crippen molar-refractivity contribution >= 4 is 5.71 Å². The Bertz CT molecular complexity index is 1040. The van der Waals surface area contributed by atoms with Crippen molar-refractivity contribution in [3.8, 4) is 11.5 Å². The van der Waals surface area contributed by atoms with Crippen molar-refractivity contribution in [3.05, 3.63) is 95.1 Å². The third-order valence-corrected chi connectivity index (χ3v) is 5.49. The summed E-state index contributed by atoms with van der Waals surface area (Å²) in [5, 5.41) is 7.10. The number of benzene rings is 3. The van der Waals surface area contributed by atoms with Crippen LogP contribution in [0.1, 0.15) is 40.9 Å². The van der Waals surface area contributed by atoms with Crippen LogP contribution in [-0.4, -0.2) is 17.8 Å². The van der Waals surface area contributed by atoms with Crippen LogP contribution in [0.15, 0.2) is 77.9 Å². The van der Waals surface area contributed by atoms with Gasteiger partial charge in [0.1, 0.15) is 11.5 Å². The minimum absolute atomic E-state index is 0.149. The molecule has 3 aromatic rings. The van der Waals surface area contributed by atoms with Crippen LogP contribution < -0.4 is 9.47 Å². The third kappa shape index (κ3) is 2.73. The van der Waals surface area contributed by atoms with E-state index in [0.717, 1.165) is 34.8 Å². The van der Waals surface area contributed by atoms with Gasteiger partial charge in [0.05, 0.1) is 24.4 Å². The molecule has 0 aromatic heterocycles. The highest BCUT2D eigenvalue weighted by Crippen LogP contribution is 2.48. The van der Waals surface area contributed by atoms with Crippen LogP contribution in [0.2, 0.25) is 0 Å². The van der Waals surface area contributed by atoms with Crippen molar-refractivity contribution in [2.45, 2.75) is 25.6 Å². The summed E-state index contributed by atoms with van der Waals surface area (Å²) >= 11 is 0. The second-order valence-corrected chi connectivity index (χ2v) is 7.26. The minimum Gasteiger partial charge on any atom is -0.496 e. The lowest BCUT2D eigenvalue weighted by Crippen LogP contribution is -2.33. The molecule has 0 saturated heterocycles. The lowest BCUT2D eigenvalue weighted by atomic mass is 9.95. The minimum atomic E-state index is -0.320. The second kappa shape index (κ2) is 6.71. The van der Waals surface area contributed by atoms with E-state index in [1.165, 1.54) is 11.1 Å². The Balaban J connectivity index is 1.61. The number of nitrogens with zero attached hydrogens (tertiary/aromatic N) is 2. The maximum atomic E-state index is 6.42. The Morgan fingerprint density at radius 2 is 1.64 bits per heavy atom. The Hall–Kier alpha value is -3.27. The van der Waals surface area contributed by atoms with Crippen LogP contribution in [-0.2, 0) is 0 Å². The molecule has 0 radical (unpaired) electrons. The number of rotatable bonds is 3. The van der Waals surface area contributed by atoms with Gasteiger partial charge in [-0.05, 0) is 30.7 Å². The largest absolute Gasteiger partial charge is 0.496 e. The summed E-state index contributed by atoms with van der Waals surface area (Å²) in [5.41, 5.74) is 5.67. The van der Waals surface area contributed by atoms with Gasteiger partial charge < -0.3 is 9.47 Å². The molecule has 2 atom stereocenters. The fourth-order valence-corrected chi connectivity index (χ4v) is 4.03. The van der Waals surface area contributed by atoms with Crippen LogP contribution in [0.3, 0.4) is 0 Å². The van der Waals surface area contributed by atoms with Crippen molar-refractivity contribution in [3.63, 3.8) is 0 Å². The van der Waals surface area contributed by atoms with Crippen molar-refractivity contribution in [2.24, 2.45) is 5.10 Å². The lowest BCUT2D eigenvalue weighted by Gasteiger charge is -2.38. The second-order valence-electron chi connectivity index (χ2n) is 7.26. The molecule has 0 spiro atoms. The van der Waals surface area contributed by atoms with E-state index in [1.54, 1.807) is 7.11 Å². The van der Waals surface area contributed by atoms with E-state index in [1.807, 2.05) is 36.4 Å². The average molecular weight is 370 g/mol. The van der Waals surface area contributed by atoms with Gasteiger partial charge in [-0.1, -0.05) is 60.2 Å². The number of aryl methyl sites for hydroxylation is 1. The van der Waals surface area contributed by atoms with Gasteiger partial charge >= 0.3 is 0 Å². The van der Waals surface area contributed by atoms with Crippen molar-refractivity contribution < 1.29 is 9.47 Å².